The van der Waals surface area contributed by atoms with Crippen LogP contribution in [0.2, 0.25) is 0 Å². The molecule has 2 aromatic rings. The van der Waals surface area contributed by atoms with Gasteiger partial charge in [-0.25, -0.2) is 17.2 Å². The molecule has 0 aliphatic carbocycles. The lowest BCUT2D eigenvalue weighted by atomic mass is 10.2. The van der Waals surface area contributed by atoms with Gasteiger partial charge in [0, 0.05) is 16.2 Å². The van der Waals surface area contributed by atoms with E-state index in [1.807, 2.05) is 17.5 Å². The van der Waals surface area contributed by atoms with Crippen molar-refractivity contribution in [1.82, 2.24) is 0 Å². The first-order chi connectivity index (χ1) is 12.8. The molecule has 2 aliphatic heterocycles. The number of halogens is 2. The van der Waals surface area contributed by atoms with Gasteiger partial charge in [-0.15, -0.1) is 11.3 Å². The summed E-state index contributed by atoms with van der Waals surface area (Å²) in [5, 5.41) is 1.77. The molecule has 0 saturated carbocycles. The Hall–Kier alpha value is -1.78. The van der Waals surface area contributed by atoms with Gasteiger partial charge in [0.25, 0.3) is 5.91 Å². The van der Waals surface area contributed by atoms with Gasteiger partial charge >= 0.3 is 0 Å². The maximum atomic E-state index is 14.4. The van der Waals surface area contributed by atoms with Crippen LogP contribution < -0.4 is 4.90 Å². The Balaban J connectivity index is 1.69. The van der Waals surface area contributed by atoms with Crippen LogP contribution in [0.15, 0.2) is 40.7 Å². The highest BCUT2D eigenvalue weighted by molar-refractivity contribution is 8.16. The fourth-order valence-electron chi connectivity index (χ4n) is 3.23. The van der Waals surface area contributed by atoms with Gasteiger partial charge in [0.2, 0.25) is 0 Å². The molecule has 0 bridgehead atoms. The maximum absolute atomic E-state index is 14.4. The summed E-state index contributed by atoms with van der Waals surface area (Å²) in [5.41, 5.74) is 0.0242. The first-order valence-corrected chi connectivity index (χ1v) is 11.7. The number of hydrogen-bond donors (Lipinski definition) is 0. The predicted molar refractivity (Wildman–Crippen MR) is 103 cm³/mol. The van der Waals surface area contributed by atoms with Crippen molar-refractivity contribution in [2.45, 2.75) is 17.7 Å². The highest BCUT2D eigenvalue weighted by atomic mass is 32.2. The number of hydrogen-bond acceptors (Lipinski definition) is 5. The Morgan fingerprint density at radius 3 is 2.78 bits per heavy atom. The molecule has 2 saturated heterocycles. The lowest BCUT2D eigenvalue weighted by Gasteiger charge is -2.24. The number of aliphatic imine (C=N–C) groups is 1. The molecular weight excluding hydrogens is 414 g/mol. The molecule has 2 fully saturated rings. The van der Waals surface area contributed by atoms with Gasteiger partial charge in [0.15, 0.2) is 15.0 Å². The van der Waals surface area contributed by atoms with Crippen molar-refractivity contribution in [3.05, 3.63) is 52.2 Å². The van der Waals surface area contributed by atoms with Gasteiger partial charge in [-0.3, -0.25) is 4.79 Å². The number of sulfone groups is 1. The van der Waals surface area contributed by atoms with E-state index in [4.69, 9.17) is 0 Å². The largest absolute Gasteiger partial charge is 0.313 e. The number of rotatable bonds is 3. The molecule has 2 atom stereocenters. The van der Waals surface area contributed by atoms with E-state index >= 15 is 0 Å². The highest BCUT2D eigenvalue weighted by Gasteiger charge is 2.50. The van der Waals surface area contributed by atoms with Crippen LogP contribution in [-0.4, -0.2) is 42.3 Å². The van der Waals surface area contributed by atoms with E-state index in [0.29, 0.717) is 0 Å². The Morgan fingerprint density at radius 2 is 2.07 bits per heavy atom. The molecule has 142 valence electrons. The number of thiophene rings is 1. The zero-order valence-electron chi connectivity index (χ0n) is 13.8. The number of carbonyl (C=O) groups excluding carboxylic acids is 1. The Labute approximate surface area is 163 Å². The van der Waals surface area contributed by atoms with Gasteiger partial charge in [-0.2, -0.15) is 4.99 Å². The van der Waals surface area contributed by atoms with Crippen LogP contribution in [0.5, 0.6) is 0 Å². The molecule has 1 aromatic heterocycles. The molecule has 5 nitrogen and oxygen atoms in total. The summed E-state index contributed by atoms with van der Waals surface area (Å²) < 4.78 is 51.7. The van der Waals surface area contributed by atoms with Crippen LogP contribution >= 0.6 is 23.1 Å². The fourth-order valence-corrected chi connectivity index (χ4v) is 7.85. The van der Waals surface area contributed by atoms with E-state index in [-0.39, 0.29) is 34.0 Å². The minimum absolute atomic E-state index is 0.0242. The number of amides is 1. The quantitative estimate of drug-likeness (QED) is 0.752. The molecule has 0 N–H and O–H groups in total. The Morgan fingerprint density at radius 1 is 1.26 bits per heavy atom. The summed E-state index contributed by atoms with van der Waals surface area (Å²) in [5.74, 6) is -2.15. The zero-order chi connectivity index (χ0) is 19.2. The van der Waals surface area contributed by atoms with Crippen molar-refractivity contribution in [2.24, 2.45) is 4.99 Å². The van der Waals surface area contributed by atoms with E-state index in [2.05, 4.69) is 4.99 Å². The van der Waals surface area contributed by atoms with E-state index in [1.54, 1.807) is 0 Å². The third-order valence-corrected chi connectivity index (χ3v) is 8.45. The van der Waals surface area contributed by atoms with E-state index < -0.39 is 33.4 Å². The topological polar surface area (TPSA) is 66.8 Å². The van der Waals surface area contributed by atoms with Gasteiger partial charge in [-0.05, 0) is 23.6 Å². The van der Waals surface area contributed by atoms with Crippen LogP contribution in [-0.2, 0) is 21.1 Å². The smallest absolute Gasteiger partial charge is 0.253 e. The van der Waals surface area contributed by atoms with E-state index in [0.717, 1.165) is 28.8 Å². The highest BCUT2D eigenvalue weighted by Crippen LogP contribution is 2.41. The molecular formula is C17H14F2N2O3S3. The molecule has 0 radical (unpaired) electrons. The van der Waals surface area contributed by atoms with E-state index in [9.17, 15) is 22.0 Å². The van der Waals surface area contributed by atoms with Gasteiger partial charge in [-0.1, -0.05) is 17.8 Å². The van der Waals surface area contributed by atoms with Crippen molar-refractivity contribution in [1.29, 1.82) is 0 Å². The molecule has 0 unspecified atom stereocenters. The summed E-state index contributed by atoms with van der Waals surface area (Å²) in [6.45, 7) is 0. The monoisotopic (exact) mass is 428 g/mol. The second kappa shape index (κ2) is 6.99. The first-order valence-electron chi connectivity index (χ1n) is 8.08. The second-order valence-corrected chi connectivity index (χ2v) is 10.7. The van der Waals surface area contributed by atoms with Crippen LogP contribution in [0.25, 0.3) is 0 Å². The molecule has 1 amide bonds. The molecule has 27 heavy (non-hydrogen) atoms. The summed E-state index contributed by atoms with van der Waals surface area (Å²) in [7, 11) is -3.26. The van der Waals surface area contributed by atoms with Crippen LogP contribution in [0.1, 0.15) is 4.88 Å². The SMILES string of the molecule is O=C(Cc1cccs1)N=C1S[C@H]2CS(=O)(=O)C[C@H]2N1c1ccc(F)cc1F. The zero-order valence-corrected chi connectivity index (χ0v) is 16.3. The normalized spacial score (nSPS) is 25.1. The number of nitrogens with zero attached hydrogens (tertiary/aromatic N) is 2. The third kappa shape index (κ3) is 3.78. The average molecular weight is 429 g/mol. The minimum atomic E-state index is -3.26. The number of amidine groups is 1. The molecule has 1 aromatic carbocycles. The maximum Gasteiger partial charge on any atom is 0.253 e. The first kappa shape index (κ1) is 18.6. The number of benzene rings is 1. The standard InChI is InChI=1S/C17H14F2N2O3S3/c18-10-3-4-13(12(19)6-10)21-14-8-27(23,24)9-15(14)26-17(21)20-16(22)7-11-2-1-5-25-11/h1-6,14-15H,7-9H2/t14-,15+/m1/s1. The number of thioether (sulfide) groups is 1. The van der Waals surface area contributed by atoms with Gasteiger partial charge < -0.3 is 4.90 Å². The summed E-state index contributed by atoms with van der Waals surface area (Å²) >= 11 is 2.59. The van der Waals surface area contributed by atoms with Crippen molar-refractivity contribution in [2.75, 3.05) is 16.4 Å². The van der Waals surface area contributed by atoms with Crippen molar-refractivity contribution < 1.29 is 22.0 Å². The summed E-state index contributed by atoms with van der Waals surface area (Å²) in [4.78, 5) is 18.7. The van der Waals surface area contributed by atoms with Crippen LogP contribution in [0.4, 0.5) is 14.5 Å². The predicted octanol–water partition coefficient (Wildman–Crippen LogP) is 2.87. The minimum Gasteiger partial charge on any atom is -0.313 e. The molecule has 0 spiro atoms. The molecule has 4 rings (SSSR count). The number of carbonyl (C=O) groups is 1. The van der Waals surface area contributed by atoms with Crippen LogP contribution in [0, 0.1) is 11.6 Å². The fraction of sp³-hybridized carbons (Fsp3) is 0.294. The Kier molecular flexibility index (Phi) is 4.81. The summed E-state index contributed by atoms with van der Waals surface area (Å²) in [6.07, 6.45) is 0.120. The number of fused-ring (bicyclic) bond motifs is 1. The average Bonchev–Trinajstić information content (AvgIpc) is 3.23. The summed E-state index contributed by atoms with van der Waals surface area (Å²) in [6, 6.07) is 6.21. The van der Waals surface area contributed by atoms with Gasteiger partial charge in [0.1, 0.15) is 11.6 Å². The third-order valence-electron chi connectivity index (χ3n) is 4.36. The lowest BCUT2D eigenvalue weighted by Crippen LogP contribution is -2.38. The number of anilines is 1. The molecule has 2 aliphatic rings. The van der Waals surface area contributed by atoms with Crippen LogP contribution in [0.3, 0.4) is 0 Å². The van der Waals surface area contributed by atoms with Crippen molar-refractivity contribution in [3.8, 4) is 0 Å². The Bertz CT molecular complexity index is 1020. The second-order valence-electron chi connectivity index (χ2n) is 6.31. The lowest BCUT2D eigenvalue weighted by molar-refractivity contribution is -0.117. The molecule has 10 heteroatoms. The van der Waals surface area contributed by atoms with Crippen molar-refractivity contribution >= 4 is 49.7 Å². The molecule has 3 heterocycles. The van der Waals surface area contributed by atoms with Crippen molar-refractivity contribution in [3.63, 3.8) is 0 Å². The van der Waals surface area contributed by atoms with Gasteiger partial charge in [0.05, 0.1) is 29.7 Å². The van der Waals surface area contributed by atoms with E-state index in [1.165, 1.54) is 22.3 Å².